The standard InChI is InChI=1S/C15H27N3/c1-11(2)12(3)16-9-10-18-13(4)17-14-7-5-6-8-15(14)18/h11-12,16H,5-10H2,1-4H3. The van der Waals surface area contributed by atoms with Crippen molar-refractivity contribution >= 4 is 0 Å². The highest BCUT2D eigenvalue weighted by molar-refractivity contribution is 5.19. The van der Waals surface area contributed by atoms with Crippen molar-refractivity contribution in [1.82, 2.24) is 14.9 Å². The van der Waals surface area contributed by atoms with E-state index in [9.17, 15) is 0 Å². The van der Waals surface area contributed by atoms with Gasteiger partial charge in [0.15, 0.2) is 0 Å². The topological polar surface area (TPSA) is 29.9 Å². The van der Waals surface area contributed by atoms with Crippen LogP contribution >= 0.6 is 0 Å². The third-order valence-electron chi connectivity index (χ3n) is 4.23. The van der Waals surface area contributed by atoms with Gasteiger partial charge in [0.05, 0.1) is 5.69 Å². The molecule has 0 aliphatic heterocycles. The molecule has 1 aromatic heterocycles. The number of nitrogens with one attached hydrogen (secondary N) is 1. The summed E-state index contributed by atoms with van der Waals surface area (Å²) < 4.78 is 2.43. The largest absolute Gasteiger partial charge is 0.331 e. The number of hydrogen-bond donors (Lipinski definition) is 1. The number of aromatic nitrogens is 2. The Bertz CT molecular complexity index is 393. The molecule has 0 aromatic carbocycles. The Hall–Kier alpha value is -0.830. The van der Waals surface area contributed by atoms with E-state index in [1.54, 1.807) is 0 Å². The maximum absolute atomic E-state index is 4.72. The molecule has 1 aliphatic carbocycles. The van der Waals surface area contributed by atoms with E-state index in [2.05, 4.69) is 37.6 Å². The van der Waals surface area contributed by atoms with Crippen LogP contribution in [0.3, 0.4) is 0 Å². The second-order valence-corrected chi connectivity index (χ2v) is 5.90. The zero-order valence-corrected chi connectivity index (χ0v) is 12.3. The van der Waals surface area contributed by atoms with Gasteiger partial charge in [0.2, 0.25) is 0 Å². The molecule has 18 heavy (non-hydrogen) atoms. The first-order valence-corrected chi connectivity index (χ1v) is 7.38. The van der Waals surface area contributed by atoms with E-state index in [0.717, 1.165) is 13.1 Å². The number of hydrogen-bond acceptors (Lipinski definition) is 2. The van der Waals surface area contributed by atoms with Crippen molar-refractivity contribution in [3.8, 4) is 0 Å². The summed E-state index contributed by atoms with van der Waals surface area (Å²) in [6, 6.07) is 0.588. The van der Waals surface area contributed by atoms with Gasteiger partial charge in [0.1, 0.15) is 5.82 Å². The summed E-state index contributed by atoms with van der Waals surface area (Å²) in [6.45, 7) is 11.0. The van der Waals surface area contributed by atoms with Gasteiger partial charge in [-0.2, -0.15) is 0 Å². The smallest absolute Gasteiger partial charge is 0.106 e. The van der Waals surface area contributed by atoms with Crippen LogP contribution in [0.15, 0.2) is 0 Å². The lowest BCUT2D eigenvalue weighted by molar-refractivity contribution is 0.413. The Morgan fingerprint density at radius 1 is 1.22 bits per heavy atom. The Morgan fingerprint density at radius 2 is 1.94 bits per heavy atom. The van der Waals surface area contributed by atoms with Crippen molar-refractivity contribution in [2.45, 2.75) is 66.0 Å². The summed E-state index contributed by atoms with van der Waals surface area (Å²) in [6.07, 6.45) is 5.04. The first kappa shape index (κ1) is 13.6. The van der Waals surface area contributed by atoms with Gasteiger partial charge in [-0.3, -0.25) is 0 Å². The van der Waals surface area contributed by atoms with E-state index in [-0.39, 0.29) is 0 Å². The van der Waals surface area contributed by atoms with Crippen LogP contribution in [0.2, 0.25) is 0 Å². The van der Waals surface area contributed by atoms with E-state index in [4.69, 9.17) is 4.98 Å². The first-order chi connectivity index (χ1) is 8.59. The molecule has 0 radical (unpaired) electrons. The molecule has 1 aromatic rings. The van der Waals surface area contributed by atoms with Crippen molar-refractivity contribution in [2.75, 3.05) is 6.54 Å². The molecule has 102 valence electrons. The normalized spacial score (nSPS) is 16.9. The number of imidazole rings is 1. The molecule has 0 amide bonds. The summed E-state index contributed by atoms with van der Waals surface area (Å²) in [7, 11) is 0. The maximum Gasteiger partial charge on any atom is 0.106 e. The number of nitrogens with zero attached hydrogens (tertiary/aromatic N) is 2. The maximum atomic E-state index is 4.72. The molecule has 3 nitrogen and oxygen atoms in total. The highest BCUT2D eigenvalue weighted by Crippen LogP contribution is 2.21. The molecule has 1 aliphatic rings. The zero-order valence-electron chi connectivity index (χ0n) is 12.3. The van der Waals surface area contributed by atoms with Gasteiger partial charge < -0.3 is 9.88 Å². The Balaban J connectivity index is 1.95. The molecule has 1 heterocycles. The van der Waals surface area contributed by atoms with Crippen LogP contribution in [0.5, 0.6) is 0 Å². The summed E-state index contributed by atoms with van der Waals surface area (Å²) in [5.41, 5.74) is 2.86. The van der Waals surface area contributed by atoms with E-state index in [0.29, 0.717) is 12.0 Å². The first-order valence-electron chi connectivity index (χ1n) is 7.38. The lowest BCUT2D eigenvalue weighted by Crippen LogP contribution is -2.33. The average Bonchev–Trinajstić information content (AvgIpc) is 2.65. The molecule has 0 saturated carbocycles. The van der Waals surface area contributed by atoms with Gasteiger partial charge in [-0.05, 0) is 45.4 Å². The quantitative estimate of drug-likeness (QED) is 0.869. The summed E-state index contributed by atoms with van der Waals surface area (Å²) in [5, 5.41) is 3.61. The van der Waals surface area contributed by atoms with E-state index >= 15 is 0 Å². The highest BCUT2D eigenvalue weighted by atomic mass is 15.1. The minimum Gasteiger partial charge on any atom is -0.331 e. The van der Waals surface area contributed by atoms with Crippen LogP contribution in [0.1, 0.15) is 50.8 Å². The molecule has 0 bridgehead atoms. The molecule has 0 spiro atoms. The third kappa shape index (κ3) is 2.94. The van der Waals surface area contributed by atoms with Crippen molar-refractivity contribution in [3.63, 3.8) is 0 Å². The lowest BCUT2D eigenvalue weighted by atomic mass is 10.0. The van der Waals surface area contributed by atoms with Crippen LogP contribution in [0, 0.1) is 12.8 Å². The van der Waals surface area contributed by atoms with E-state index in [1.807, 2.05) is 0 Å². The minimum absolute atomic E-state index is 0.588. The van der Waals surface area contributed by atoms with Crippen molar-refractivity contribution in [1.29, 1.82) is 0 Å². The number of fused-ring (bicyclic) bond motifs is 1. The summed E-state index contributed by atoms with van der Waals surface area (Å²) in [4.78, 5) is 4.72. The summed E-state index contributed by atoms with van der Waals surface area (Å²) >= 11 is 0. The predicted molar refractivity (Wildman–Crippen MR) is 75.9 cm³/mol. The van der Waals surface area contributed by atoms with E-state index in [1.165, 1.54) is 42.9 Å². The number of rotatable bonds is 5. The van der Waals surface area contributed by atoms with E-state index < -0.39 is 0 Å². The second-order valence-electron chi connectivity index (χ2n) is 5.90. The molecule has 0 fully saturated rings. The molecule has 3 heteroatoms. The molecule has 1 atom stereocenters. The van der Waals surface area contributed by atoms with Gasteiger partial charge in [-0.1, -0.05) is 13.8 Å². The summed E-state index contributed by atoms with van der Waals surface area (Å²) in [5.74, 6) is 1.89. The van der Waals surface area contributed by atoms with Gasteiger partial charge >= 0.3 is 0 Å². The molecule has 2 rings (SSSR count). The van der Waals surface area contributed by atoms with Crippen molar-refractivity contribution < 1.29 is 0 Å². The van der Waals surface area contributed by atoms with Crippen LogP contribution in [-0.2, 0) is 19.4 Å². The Morgan fingerprint density at radius 3 is 2.67 bits per heavy atom. The van der Waals surface area contributed by atoms with Gasteiger partial charge in [0.25, 0.3) is 0 Å². The van der Waals surface area contributed by atoms with Gasteiger partial charge in [0, 0.05) is 24.8 Å². The van der Waals surface area contributed by atoms with Gasteiger partial charge in [-0.25, -0.2) is 4.98 Å². The molecule has 1 N–H and O–H groups in total. The SMILES string of the molecule is Cc1nc2c(n1CCNC(C)C(C)C)CCCC2. The third-order valence-corrected chi connectivity index (χ3v) is 4.23. The molecular weight excluding hydrogens is 222 g/mol. The monoisotopic (exact) mass is 249 g/mol. The fourth-order valence-corrected chi connectivity index (χ4v) is 2.67. The van der Waals surface area contributed by atoms with Gasteiger partial charge in [-0.15, -0.1) is 0 Å². The van der Waals surface area contributed by atoms with Crippen LogP contribution in [0.4, 0.5) is 0 Å². The van der Waals surface area contributed by atoms with Crippen LogP contribution in [0.25, 0.3) is 0 Å². The van der Waals surface area contributed by atoms with Crippen LogP contribution in [-0.4, -0.2) is 22.1 Å². The lowest BCUT2D eigenvalue weighted by Gasteiger charge is -2.19. The highest BCUT2D eigenvalue weighted by Gasteiger charge is 2.17. The molecule has 0 saturated heterocycles. The van der Waals surface area contributed by atoms with Crippen LogP contribution < -0.4 is 5.32 Å². The fraction of sp³-hybridized carbons (Fsp3) is 0.800. The Labute approximate surface area is 111 Å². The van der Waals surface area contributed by atoms with Crippen molar-refractivity contribution in [2.24, 2.45) is 5.92 Å². The predicted octanol–water partition coefficient (Wildman–Crippen LogP) is 2.70. The molecular formula is C15H27N3. The zero-order chi connectivity index (χ0) is 13.1. The molecule has 1 unspecified atom stereocenters. The average molecular weight is 249 g/mol. The second kappa shape index (κ2) is 5.87. The number of aryl methyl sites for hydroxylation is 2. The fourth-order valence-electron chi connectivity index (χ4n) is 2.67. The Kier molecular flexibility index (Phi) is 4.44. The minimum atomic E-state index is 0.588. The van der Waals surface area contributed by atoms with Crippen molar-refractivity contribution in [3.05, 3.63) is 17.2 Å².